The second kappa shape index (κ2) is 5.40. The summed E-state index contributed by atoms with van der Waals surface area (Å²) in [6.07, 6.45) is 6.29. The van der Waals surface area contributed by atoms with Gasteiger partial charge in [-0.2, -0.15) is 0 Å². The Morgan fingerprint density at radius 2 is 1.90 bits per heavy atom. The van der Waals surface area contributed by atoms with Gasteiger partial charge in [0.1, 0.15) is 0 Å². The van der Waals surface area contributed by atoms with Crippen LogP contribution in [-0.2, 0) is 12.8 Å². The number of rotatable bonds is 2. The van der Waals surface area contributed by atoms with Crippen LogP contribution in [0.15, 0.2) is 24.3 Å². The summed E-state index contributed by atoms with van der Waals surface area (Å²) < 4.78 is 0. The molecule has 3 N–H and O–H groups in total. The fourth-order valence-corrected chi connectivity index (χ4v) is 4.91. The highest BCUT2D eigenvalue weighted by Crippen LogP contribution is 2.53. The quantitative estimate of drug-likeness (QED) is 0.876. The molecule has 0 heterocycles. The van der Waals surface area contributed by atoms with E-state index in [-0.39, 0.29) is 5.41 Å². The van der Waals surface area contributed by atoms with Crippen molar-refractivity contribution in [2.45, 2.75) is 58.0 Å². The van der Waals surface area contributed by atoms with Gasteiger partial charge in [0.05, 0.1) is 5.60 Å². The van der Waals surface area contributed by atoms with E-state index in [9.17, 15) is 5.11 Å². The van der Waals surface area contributed by atoms with Crippen LogP contribution in [0.5, 0.6) is 0 Å². The van der Waals surface area contributed by atoms with Gasteiger partial charge >= 0.3 is 0 Å². The van der Waals surface area contributed by atoms with Gasteiger partial charge in [0.15, 0.2) is 0 Å². The molecule has 4 atom stereocenters. The summed E-state index contributed by atoms with van der Waals surface area (Å²) in [5.41, 5.74) is 8.35. The molecule has 2 aliphatic carbocycles. The molecule has 3 rings (SSSR count). The number of hydrogen-bond donors (Lipinski definition) is 2. The van der Waals surface area contributed by atoms with Crippen LogP contribution in [0.1, 0.15) is 50.7 Å². The zero-order valence-electron chi connectivity index (χ0n) is 13.4. The van der Waals surface area contributed by atoms with Crippen LogP contribution in [0.25, 0.3) is 0 Å². The summed E-state index contributed by atoms with van der Waals surface area (Å²) in [6.45, 7) is 5.12. The van der Waals surface area contributed by atoms with Crippen molar-refractivity contribution in [3.05, 3.63) is 35.4 Å². The van der Waals surface area contributed by atoms with Crippen LogP contribution in [-0.4, -0.2) is 17.3 Å². The third-order valence-electron chi connectivity index (χ3n) is 6.65. The molecular formula is C19H29NO. The van der Waals surface area contributed by atoms with Gasteiger partial charge in [-0.15, -0.1) is 0 Å². The van der Waals surface area contributed by atoms with Gasteiger partial charge in [-0.05, 0) is 48.6 Å². The first-order chi connectivity index (χ1) is 10.0. The molecule has 0 aliphatic heterocycles. The van der Waals surface area contributed by atoms with Crippen molar-refractivity contribution in [1.29, 1.82) is 0 Å². The van der Waals surface area contributed by atoms with E-state index < -0.39 is 5.60 Å². The van der Waals surface area contributed by atoms with Crippen molar-refractivity contribution in [2.24, 2.45) is 23.0 Å². The largest absolute Gasteiger partial charge is 0.389 e. The molecule has 1 aromatic rings. The molecule has 0 aromatic heterocycles. The van der Waals surface area contributed by atoms with E-state index >= 15 is 0 Å². The Morgan fingerprint density at radius 1 is 1.19 bits per heavy atom. The van der Waals surface area contributed by atoms with E-state index in [0.717, 1.165) is 32.1 Å². The highest BCUT2D eigenvalue weighted by Gasteiger charge is 2.55. The van der Waals surface area contributed by atoms with Crippen LogP contribution in [0.3, 0.4) is 0 Å². The van der Waals surface area contributed by atoms with Crippen LogP contribution in [0.4, 0.5) is 0 Å². The van der Waals surface area contributed by atoms with E-state index in [1.807, 2.05) is 0 Å². The topological polar surface area (TPSA) is 46.2 Å². The molecule has 0 spiro atoms. The molecule has 0 radical (unpaired) electrons. The molecule has 2 heteroatoms. The number of aryl methyl sites for hydroxylation is 1. The van der Waals surface area contributed by atoms with Crippen LogP contribution >= 0.6 is 0 Å². The first-order valence-corrected chi connectivity index (χ1v) is 8.52. The summed E-state index contributed by atoms with van der Waals surface area (Å²) in [5.74, 6) is 0.921. The normalized spacial score (nSPS) is 39.8. The molecule has 2 aliphatic rings. The lowest BCUT2D eigenvalue weighted by atomic mass is 9.53. The van der Waals surface area contributed by atoms with Crippen LogP contribution in [0, 0.1) is 17.3 Å². The Labute approximate surface area is 128 Å². The number of aliphatic hydroxyl groups is 1. The maximum atomic E-state index is 11.6. The maximum absolute atomic E-state index is 11.6. The Balaban J connectivity index is 1.98. The van der Waals surface area contributed by atoms with E-state index in [0.29, 0.717) is 18.4 Å². The first kappa shape index (κ1) is 15.1. The summed E-state index contributed by atoms with van der Waals surface area (Å²) in [7, 11) is 0. The first-order valence-electron chi connectivity index (χ1n) is 8.52. The van der Waals surface area contributed by atoms with Crippen molar-refractivity contribution in [2.75, 3.05) is 6.54 Å². The molecule has 116 valence electrons. The average Bonchev–Trinajstić information content (AvgIpc) is 2.52. The maximum Gasteiger partial charge on any atom is 0.0746 e. The lowest BCUT2D eigenvalue weighted by Crippen LogP contribution is -2.61. The molecule has 1 aromatic carbocycles. The Kier molecular flexibility index (Phi) is 3.87. The van der Waals surface area contributed by atoms with Crippen molar-refractivity contribution in [1.82, 2.24) is 0 Å². The minimum Gasteiger partial charge on any atom is -0.389 e. The molecule has 0 amide bonds. The highest BCUT2D eigenvalue weighted by molar-refractivity contribution is 5.32. The van der Waals surface area contributed by atoms with Gasteiger partial charge in [-0.25, -0.2) is 0 Å². The average molecular weight is 287 g/mol. The molecule has 2 nitrogen and oxygen atoms in total. The second-order valence-electron chi connectivity index (χ2n) is 7.51. The summed E-state index contributed by atoms with van der Waals surface area (Å²) in [6, 6.07) is 8.68. The SMILES string of the molecule is CC1CCCC(O)(C2(CN)CCc3ccccc3C2)C1C. The minimum atomic E-state index is -0.604. The van der Waals surface area contributed by atoms with E-state index in [1.54, 1.807) is 0 Å². The predicted molar refractivity (Wildman–Crippen MR) is 87.1 cm³/mol. The molecular weight excluding hydrogens is 258 g/mol. The minimum absolute atomic E-state index is 0.143. The third-order valence-corrected chi connectivity index (χ3v) is 6.65. The number of nitrogens with two attached hydrogens (primary N) is 1. The zero-order valence-corrected chi connectivity index (χ0v) is 13.4. The lowest BCUT2D eigenvalue weighted by Gasteiger charge is -2.56. The number of fused-ring (bicyclic) bond motifs is 1. The molecule has 1 saturated carbocycles. The standard InChI is InChI=1S/C19H29NO/c1-14-6-5-10-19(21,15(14)2)18(13-20)11-9-16-7-3-4-8-17(16)12-18/h3-4,7-8,14-15,21H,5-6,9-13,20H2,1-2H3. The van der Waals surface area contributed by atoms with Crippen LogP contribution < -0.4 is 5.73 Å². The van der Waals surface area contributed by atoms with Gasteiger partial charge < -0.3 is 10.8 Å². The van der Waals surface area contributed by atoms with Gasteiger partial charge in [-0.1, -0.05) is 51.0 Å². The van der Waals surface area contributed by atoms with Gasteiger partial charge in [0, 0.05) is 12.0 Å². The third kappa shape index (κ3) is 2.24. The predicted octanol–water partition coefficient (Wildman–Crippen LogP) is 3.31. The van der Waals surface area contributed by atoms with Gasteiger partial charge in [-0.3, -0.25) is 0 Å². The van der Waals surface area contributed by atoms with Crippen molar-refractivity contribution in [3.63, 3.8) is 0 Å². The van der Waals surface area contributed by atoms with Crippen molar-refractivity contribution in [3.8, 4) is 0 Å². The zero-order chi connectivity index (χ0) is 15.1. The van der Waals surface area contributed by atoms with Gasteiger partial charge in [0.2, 0.25) is 0 Å². The highest BCUT2D eigenvalue weighted by atomic mass is 16.3. The summed E-state index contributed by atoms with van der Waals surface area (Å²) in [4.78, 5) is 0. The molecule has 21 heavy (non-hydrogen) atoms. The number of hydrogen-bond acceptors (Lipinski definition) is 2. The lowest BCUT2D eigenvalue weighted by molar-refractivity contribution is -0.159. The summed E-state index contributed by atoms with van der Waals surface area (Å²) in [5, 5.41) is 11.6. The van der Waals surface area contributed by atoms with E-state index in [4.69, 9.17) is 5.73 Å². The Hall–Kier alpha value is -0.860. The van der Waals surface area contributed by atoms with Crippen LogP contribution in [0.2, 0.25) is 0 Å². The smallest absolute Gasteiger partial charge is 0.0746 e. The fraction of sp³-hybridized carbons (Fsp3) is 0.684. The molecule has 1 fully saturated rings. The van der Waals surface area contributed by atoms with Crippen molar-refractivity contribution >= 4 is 0 Å². The Morgan fingerprint density at radius 3 is 2.62 bits per heavy atom. The van der Waals surface area contributed by atoms with E-state index in [2.05, 4.69) is 38.1 Å². The molecule has 0 bridgehead atoms. The molecule has 4 unspecified atom stereocenters. The number of benzene rings is 1. The van der Waals surface area contributed by atoms with Gasteiger partial charge in [0.25, 0.3) is 0 Å². The monoisotopic (exact) mass is 287 g/mol. The Bertz CT molecular complexity index is 514. The molecule has 0 saturated heterocycles. The fourth-order valence-electron chi connectivity index (χ4n) is 4.91. The second-order valence-corrected chi connectivity index (χ2v) is 7.51. The van der Waals surface area contributed by atoms with Crippen molar-refractivity contribution < 1.29 is 5.11 Å². The van der Waals surface area contributed by atoms with E-state index in [1.165, 1.54) is 17.5 Å². The summed E-state index contributed by atoms with van der Waals surface area (Å²) >= 11 is 0.